The van der Waals surface area contributed by atoms with Crippen LogP contribution in [0, 0.1) is 0 Å². The largest absolute Gasteiger partial charge is 0.372 e. The number of hydrogen-bond donors (Lipinski definition) is 2. The Hall–Kier alpha value is -3.24. The van der Waals surface area contributed by atoms with Gasteiger partial charge in [0.05, 0.1) is 30.0 Å². The lowest BCUT2D eigenvalue weighted by atomic mass is 10.1. The molecule has 0 saturated carbocycles. The number of carbonyl (C=O) groups excluding carboxylic acids is 2. The summed E-state index contributed by atoms with van der Waals surface area (Å²) in [5, 5.41) is 7.72. The third-order valence-electron chi connectivity index (χ3n) is 5.64. The fourth-order valence-corrected chi connectivity index (χ4v) is 4.50. The highest BCUT2D eigenvalue weighted by Gasteiger charge is 2.28. The first-order valence-electron chi connectivity index (χ1n) is 11.6. The van der Waals surface area contributed by atoms with Gasteiger partial charge < -0.3 is 24.8 Å². The maximum Gasteiger partial charge on any atom is 0.253 e. The molecule has 186 valence electrons. The Bertz CT molecular complexity index is 1210. The number of aromatic nitrogens is 3. The van der Waals surface area contributed by atoms with E-state index >= 15 is 0 Å². The number of nitrogens with zero attached hydrogens (tertiary/aromatic N) is 4. The van der Waals surface area contributed by atoms with E-state index in [0.717, 1.165) is 24.6 Å². The number of ether oxygens (including phenoxy) is 1. The zero-order chi connectivity index (χ0) is 25.2. The van der Waals surface area contributed by atoms with Crippen molar-refractivity contribution in [2.45, 2.75) is 45.8 Å². The first-order chi connectivity index (χ1) is 16.5. The first-order valence-corrected chi connectivity index (χ1v) is 12.5. The molecule has 3 aromatic rings. The van der Waals surface area contributed by atoms with Crippen molar-refractivity contribution in [3.63, 3.8) is 0 Å². The van der Waals surface area contributed by atoms with Gasteiger partial charge in [0.2, 0.25) is 5.91 Å². The summed E-state index contributed by atoms with van der Waals surface area (Å²) in [5.41, 5.74) is 1.59. The van der Waals surface area contributed by atoms with E-state index in [0.29, 0.717) is 23.0 Å². The molecule has 1 fully saturated rings. The molecular weight excluding hydrogens is 464 g/mol. The molecule has 1 saturated heterocycles. The van der Waals surface area contributed by atoms with Crippen LogP contribution in [-0.2, 0) is 15.1 Å². The topological polar surface area (TPSA) is 101 Å². The molecule has 0 spiro atoms. The van der Waals surface area contributed by atoms with Crippen molar-refractivity contribution in [3.05, 3.63) is 47.6 Å². The van der Waals surface area contributed by atoms with Gasteiger partial charge in [-0.1, -0.05) is 6.07 Å². The fraction of sp³-hybridized carbons (Fsp3) is 0.440. The fourth-order valence-electron chi connectivity index (χ4n) is 3.78. The lowest BCUT2D eigenvalue weighted by Crippen LogP contribution is -2.48. The summed E-state index contributed by atoms with van der Waals surface area (Å²) in [4.78, 5) is 36.3. The zero-order valence-corrected chi connectivity index (χ0v) is 21.6. The maximum atomic E-state index is 12.4. The van der Waals surface area contributed by atoms with Crippen LogP contribution in [0.15, 0.2) is 42.0 Å². The van der Waals surface area contributed by atoms with Gasteiger partial charge in [-0.15, -0.1) is 11.3 Å². The van der Waals surface area contributed by atoms with Crippen molar-refractivity contribution >= 4 is 34.1 Å². The van der Waals surface area contributed by atoms with Crippen molar-refractivity contribution in [3.8, 4) is 11.4 Å². The van der Waals surface area contributed by atoms with Gasteiger partial charge in [0.1, 0.15) is 11.5 Å². The van der Waals surface area contributed by atoms with Crippen LogP contribution in [0.5, 0.6) is 0 Å². The molecule has 0 radical (unpaired) electrons. The molecule has 2 amide bonds. The van der Waals surface area contributed by atoms with Crippen molar-refractivity contribution in [1.82, 2.24) is 19.9 Å². The van der Waals surface area contributed by atoms with Crippen LogP contribution in [-0.4, -0.2) is 58.2 Å². The van der Waals surface area contributed by atoms with Gasteiger partial charge in [0.25, 0.3) is 5.91 Å². The molecule has 9 nitrogen and oxygen atoms in total. The van der Waals surface area contributed by atoms with E-state index in [1.54, 1.807) is 12.3 Å². The second kappa shape index (κ2) is 9.79. The molecule has 0 unspecified atom stereocenters. The molecule has 2 N–H and O–H groups in total. The molecule has 0 aromatic carbocycles. The SMILES string of the molecule is CC1(C)CN(c2cccc(-c3csc(NC(=O)CNC(=O)c4ccn(C(C)(C)C)c4)n3)n2)CCO1. The Morgan fingerprint density at radius 3 is 2.69 bits per heavy atom. The first kappa shape index (κ1) is 24.9. The Morgan fingerprint density at radius 2 is 1.97 bits per heavy atom. The monoisotopic (exact) mass is 496 g/mol. The van der Waals surface area contributed by atoms with Crippen LogP contribution in [0.25, 0.3) is 11.4 Å². The quantitative estimate of drug-likeness (QED) is 0.539. The molecule has 1 aliphatic heterocycles. The number of anilines is 2. The molecule has 0 atom stereocenters. The highest BCUT2D eigenvalue weighted by molar-refractivity contribution is 7.14. The van der Waals surface area contributed by atoms with E-state index in [9.17, 15) is 9.59 Å². The van der Waals surface area contributed by atoms with Crippen LogP contribution in [0.4, 0.5) is 10.9 Å². The normalized spacial score (nSPS) is 15.6. The van der Waals surface area contributed by atoms with Crippen molar-refractivity contribution in [1.29, 1.82) is 0 Å². The zero-order valence-electron chi connectivity index (χ0n) is 20.8. The Kier molecular flexibility index (Phi) is 6.95. The summed E-state index contributed by atoms with van der Waals surface area (Å²) in [6.45, 7) is 12.4. The Morgan fingerprint density at radius 1 is 1.17 bits per heavy atom. The molecule has 0 aliphatic carbocycles. The van der Waals surface area contributed by atoms with E-state index in [1.165, 1.54) is 11.3 Å². The van der Waals surface area contributed by atoms with E-state index in [2.05, 4.69) is 55.1 Å². The summed E-state index contributed by atoms with van der Waals surface area (Å²) in [7, 11) is 0. The van der Waals surface area contributed by atoms with Crippen molar-refractivity contribution in [2.75, 3.05) is 36.5 Å². The third kappa shape index (κ3) is 6.26. The van der Waals surface area contributed by atoms with Gasteiger partial charge in [0.15, 0.2) is 5.13 Å². The van der Waals surface area contributed by atoms with Crippen LogP contribution in [0.2, 0.25) is 0 Å². The lowest BCUT2D eigenvalue weighted by Gasteiger charge is -2.38. The van der Waals surface area contributed by atoms with E-state index < -0.39 is 0 Å². The number of pyridine rings is 1. The number of amides is 2. The molecule has 4 heterocycles. The van der Waals surface area contributed by atoms with E-state index in [-0.39, 0.29) is 29.5 Å². The maximum absolute atomic E-state index is 12.4. The van der Waals surface area contributed by atoms with Gasteiger partial charge in [-0.3, -0.25) is 9.59 Å². The van der Waals surface area contributed by atoms with E-state index in [4.69, 9.17) is 9.72 Å². The smallest absolute Gasteiger partial charge is 0.253 e. The van der Waals surface area contributed by atoms with Gasteiger partial charge in [-0.05, 0) is 52.8 Å². The number of thiazole rings is 1. The minimum Gasteiger partial charge on any atom is -0.372 e. The van der Waals surface area contributed by atoms with Crippen LogP contribution in [0.1, 0.15) is 45.0 Å². The number of rotatable bonds is 6. The van der Waals surface area contributed by atoms with Gasteiger partial charge >= 0.3 is 0 Å². The average molecular weight is 497 g/mol. The minimum absolute atomic E-state index is 0.119. The highest BCUT2D eigenvalue weighted by Crippen LogP contribution is 2.27. The summed E-state index contributed by atoms with van der Waals surface area (Å²) in [5.74, 6) is 0.238. The van der Waals surface area contributed by atoms with Gasteiger partial charge in [-0.25, -0.2) is 9.97 Å². The summed E-state index contributed by atoms with van der Waals surface area (Å²) >= 11 is 1.32. The van der Waals surface area contributed by atoms with Gasteiger partial charge in [-0.2, -0.15) is 0 Å². The second-order valence-corrected chi connectivity index (χ2v) is 11.0. The molecule has 35 heavy (non-hydrogen) atoms. The molecular formula is C25H32N6O3S. The molecule has 1 aliphatic rings. The Balaban J connectivity index is 1.34. The highest BCUT2D eigenvalue weighted by atomic mass is 32.1. The number of morpholine rings is 1. The molecule has 0 bridgehead atoms. The average Bonchev–Trinajstić information content (AvgIpc) is 3.47. The Labute approximate surface area is 209 Å². The second-order valence-electron chi connectivity index (χ2n) is 10.2. The van der Waals surface area contributed by atoms with Crippen molar-refractivity contribution < 1.29 is 14.3 Å². The third-order valence-corrected chi connectivity index (χ3v) is 6.39. The lowest BCUT2D eigenvalue weighted by molar-refractivity contribution is -0.115. The summed E-state index contributed by atoms with van der Waals surface area (Å²) < 4.78 is 7.76. The molecule has 4 rings (SSSR count). The predicted octanol–water partition coefficient (Wildman–Crippen LogP) is 3.75. The van der Waals surface area contributed by atoms with Crippen LogP contribution >= 0.6 is 11.3 Å². The summed E-state index contributed by atoms with van der Waals surface area (Å²) in [6, 6.07) is 7.59. The van der Waals surface area contributed by atoms with Gasteiger partial charge in [0, 0.05) is 36.4 Å². The predicted molar refractivity (Wildman–Crippen MR) is 138 cm³/mol. The number of carbonyl (C=O) groups is 2. The van der Waals surface area contributed by atoms with E-state index in [1.807, 2.05) is 34.3 Å². The van der Waals surface area contributed by atoms with Crippen LogP contribution in [0.3, 0.4) is 0 Å². The molecule has 10 heteroatoms. The minimum atomic E-state index is -0.341. The van der Waals surface area contributed by atoms with Crippen molar-refractivity contribution in [2.24, 2.45) is 0 Å². The van der Waals surface area contributed by atoms with Crippen LogP contribution < -0.4 is 15.5 Å². The number of hydrogen-bond acceptors (Lipinski definition) is 7. The molecule has 3 aromatic heterocycles. The summed E-state index contributed by atoms with van der Waals surface area (Å²) in [6.07, 6.45) is 3.63. The standard InChI is InChI=1S/C25H32N6O3S/c1-24(2,3)31-10-9-17(14-31)22(33)26-13-21(32)29-23-28-19(15-35-23)18-7-6-8-20(27-18)30-11-12-34-25(4,5)16-30/h6-10,14-15H,11-13,16H2,1-5H3,(H,26,33)(H,28,29,32). The number of nitrogens with one attached hydrogen (secondary N) is 2.